The molecule has 4 aliphatic rings. The standard InChI is InChI=1S/C35H41N7O4/c1-36-18-28-20-41(15-16-42(28)35(43)46-23-25-8-4-3-5-9-25)33-30-21-40(19-26-10-6-12-32-29(26)13-17-44-32)22-31(30)37-34(38-33)45-24-27-11-7-14-39(27)2/h3-6,8-10,12,27-28H,7,11,13-24H2,2H3/t27-,28-/m0/s1. The highest BCUT2D eigenvalue weighted by atomic mass is 16.6. The molecule has 1 aromatic heterocycles. The highest BCUT2D eigenvalue weighted by Gasteiger charge is 2.37. The lowest BCUT2D eigenvalue weighted by atomic mass is 10.0. The van der Waals surface area contributed by atoms with Gasteiger partial charge in [0, 0.05) is 62.9 Å². The summed E-state index contributed by atoms with van der Waals surface area (Å²) < 4.78 is 17.8. The molecule has 0 bridgehead atoms. The summed E-state index contributed by atoms with van der Waals surface area (Å²) in [6.07, 6.45) is 2.82. The Kier molecular flexibility index (Phi) is 8.90. The second-order valence-electron chi connectivity index (χ2n) is 12.7. The highest BCUT2D eigenvalue weighted by Crippen LogP contribution is 2.35. The predicted octanol–water partition coefficient (Wildman–Crippen LogP) is 4.15. The highest BCUT2D eigenvalue weighted by molar-refractivity contribution is 5.69. The number of carbonyl (C=O) groups excluding carboxylic acids is 1. The monoisotopic (exact) mass is 623 g/mol. The van der Waals surface area contributed by atoms with E-state index in [2.05, 4.69) is 44.8 Å². The molecule has 0 radical (unpaired) electrons. The summed E-state index contributed by atoms with van der Waals surface area (Å²) in [5, 5.41) is 0. The van der Waals surface area contributed by atoms with Gasteiger partial charge in [0.05, 0.1) is 12.3 Å². The first-order chi connectivity index (χ1) is 22.6. The molecule has 0 saturated carbocycles. The molecule has 46 heavy (non-hydrogen) atoms. The number of amides is 1. The van der Waals surface area contributed by atoms with E-state index in [1.54, 1.807) is 4.90 Å². The second-order valence-corrected chi connectivity index (χ2v) is 12.7. The molecule has 4 aliphatic heterocycles. The van der Waals surface area contributed by atoms with Gasteiger partial charge in [-0.2, -0.15) is 9.97 Å². The number of hydrogen-bond acceptors (Lipinski definition) is 9. The normalized spacial score (nSPS) is 21.0. The summed E-state index contributed by atoms with van der Waals surface area (Å²) in [7, 11) is 2.14. The van der Waals surface area contributed by atoms with E-state index in [1.165, 1.54) is 17.5 Å². The van der Waals surface area contributed by atoms with Gasteiger partial charge in [-0.05, 0) is 43.6 Å². The van der Waals surface area contributed by atoms with Crippen molar-refractivity contribution in [2.45, 2.75) is 57.6 Å². The Morgan fingerprint density at radius 2 is 1.93 bits per heavy atom. The first kappa shape index (κ1) is 30.3. The maximum absolute atomic E-state index is 13.2. The minimum Gasteiger partial charge on any atom is -0.493 e. The molecule has 11 nitrogen and oxygen atoms in total. The number of likely N-dealkylation sites (N-methyl/N-ethyl adjacent to an activating group) is 1. The summed E-state index contributed by atoms with van der Waals surface area (Å²) in [5.74, 6) is 1.84. The average molecular weight is 624 g/mol. The number of aromatic nitrogens is 2. The number of likely N-dealkylation sites (tertiary alicyclic amines) is 1. The van der Waals surface area contributed by atoms with Crippen LogP contribution in [0.1, 0.15) is 40.8 Å². The van der Waals surface area contributed by atoms with Crippen molar-refractivity contribution in [2.24, 2.45) is 0 Å². The zero-order valence-electron chi connectivity index (χ0n) is 26.4. The Morgan fingerprint density at radius 3 is 2.76 bits per heavy atom. The number of fused-ring (bicyclic) bond motifs is 2. The van der Waals surface area contributed by atoms with Crippen molar-refractivity contribution in [1.29, 1.82) is 0 Å². The Labute approximate surface area is 270 Å². The van der Waals surface area contributed by atoms with Crippen LogP contribution in [-0.4, -0.2) is 95.8 Å². The maximum atomic E-state index is 13.2. The third kappa shape index (κ3) is 6.46. The van der Waals surface area contributed by atoms with E-state index in [9.17, 15) is 4.79 Å². The van der Waals surface area contributed by atoms with Gasteiger partial charge in [-0.1, -0.05) is 42.5 Å². The van der Waals surface area contributed by atoms with Crippen LogP contribution < -0.4 is 14.4 Å². The Morgan fingerprint density at radius 1 is 1.04 bits per heavy atom. The largest absolute Gasteiger partial charge is 0.493 e. The quantitative estimate of drug-likeness (QED) is 0.327. The van der Waals surface area contributed by atoms with Crippen molar-refractivity contribution in [2.75, 3.05) is 57.9 Å². The van der Waals surface area contributed by atoms with Crippen molar-refractivity contribution < 1.29 is 19.0 Å². The predicted molar refractivity (Wildman–Crippen MR) is 173 cm³/mol. The van der Waals surface area contributed by atoms with E-state index in [-0.39, 0.29) is 25.3 Å². The molecular weight excluding hydrogens is 582 g/mol. The van der Waals surface area contributed by atoms with E-state index < -0.39 is 0 Å². The molecule has 0 aliphatic carbocycles. The van der Waals surface area contributed by atoms with E-state index in [1.807, 2.05) is 30.3 Å². The molecule has 2 fully saturated rings. The van der Waals surface area contributed by atoms with E-state index in [0.29, 0.717) is 51.4 Å². The van der Waals surface area contributed by atoms with Gasteiger partial charge < -0.3 is 28.9 Å². The van der Waals surface area contributed by atoms with Crippen LogP contribution in [0.3, 0.4) is 0 Å². The van der Waals surface area contributed by atoms with E-state index >= 15 is 0 Å². The van der Waals surface area contributed by atoms with Crippen LogP contribution in [0.25, 0.3) is 4.85 Å². The van der Waals surface area contributed by atoms with Crippen molar-refractivity contribution >= 4 is 11.9 Å². The van der Waals surface area contributed by atoms with Gasteiger partial charge in [-0.25, -0.2) is 11.4 Å². The molecule has 7 rings (SSSR count). The molecule has 0 N–H and O–H groups in total. The van der Waals surface area contributed by atoms with Crippen LogP contribution in [0.2, 0.25) is 0 Å². The summed E-state index contributed by atoms with van der Waals surface area (Å²) in [6.45, 7) is 14.1. The number of ether oxygens (including phenoxy) is 3. The zero-order valence-corrected chi connectivity index (χ0v) is 26.4. The number of hydrogen-bond donors (Lipinski definition) is 0. The smallest absolute Gasteiger partial charge is 0.410 e. The number of rotatable bonds is 9. The van der Waals surface area contributed by atoms with Crippen molar-refractivity contribution in [3.63, 3.8) is 0 Å². The number of piperazine rings is 1. The summed E-state index contributed by atoms with van der Waals surface area (Å²) in [5.41, 5.74) is 5.59. The summed E-state index contributed by atoms with van der Waals surface area (Å²) in [6, 6.07) is 16.4. The number of nitrogens with zero attached hydrogens (tertiary/aromatic N) is 7. The topological polar surface area (TPSA) is 87.9 Å². The van der Waals surface area contributed by atoms with Crippen molar-refractivity contribution in [3.05, 3.63) is 87.9 Å². The Hall–Kier alpha value is -4.40. The van der Waals surface area contributed by atoms with Crippen LogP contribution >= 0.6 is 0 Å². The van der Waals surface area contributed by atoms with Gasteiger partial charge in [0.2, 0.25) is 6.54 Å². The number of anilines is 1. The van der Waals surface area contributed by atoms with E-state index in [4.69, 9.17) is 30.8 Å². The molecule has 240 valence electrons. The lowest BCUT2D eigenvalue weighted by molar-refractivity contribution is 0.0788. The Bertz CT molecular complexity index is 1600. The molecule has 3 aromatic rings. The first-order valence-electron chi connectivity index (χ1n) is 16.3. The summed E-state index contributed by atoms with van der Waals surface area (Å²) in [4.78, 5) is 35.5. The number of carbonyl (C=O) groups is 1. The molecule has 2 aromatic carbocycles. The third-order valence-electron chi connectivity index (χ3n) is 9.64. The van der Waals surface area contributed by atoms with Crippen LogP contribution in [0.5, 0.6) is 11.8 Å². The van der Waals surface area contributed by atoms with Gasteiger partial charge in [0.1, 0.15) is 30.8 Å². The molecule has 1 amide bonds. The number of benzene rings is 2. The maximum Gasteiger partial charge on any atom is 0.410 e. The zero-order chi connectivity index (χ0) is 31.5. The van der Waals surface area contributed by atoms with Crippen molar-refractivity contribution in [3.8, 4) is 11.8 Å². The second kappa shape index (κ2) is 13.5. The fraction of sp³-hybridized carbons (Fsp3) is 0.486. The lowest BCUT2D eigenvalue weighted by Crippen LogP contribution is -2.56. The molecule has 11 heteroatoms. The van der Waals surface area contributed by atoms with Crippen LogP contribution in [0.4, 0.5) is 10.6 Å². The van der Waals surface area contributed by atoms with Gasteiger partial charge in [-0.15, -0.1) is 0 Å². The molecule has 2 saturated heterocycles. The van der Waals surface area contributed by atoms with Crippen LogP contribution in [0, 0.1) is 6.57 Å². The van der Waals surface area contributed by atoms with Crippen LogP contribution in [0.15, 0.2) is 48.5 Å². The van der Waals surface area contributed by atoms with Gasteiger partial charge in [0.25, 0.3) is 0 Å². The fourth-order valence-corrected chi connectivity index (χ4v) is 7.11. The average Bonchev–Trinajstić information content (AvgIpc) is 3.83. The molecule has 0 spiro atoms. The first-order valence-corrected chi connectivity index (χ1v) is 16.3. The summed E-state index contributed by atoms with van der Waals surface area (Å²) >= 11 is 0. The molecule has 2 atom stereocenters. The fourth-order valence-electron chi connectivity index (χ4n) is 7.11. The third-order valence-corrected chi connectivity index (χ3v) is 9.64. The van der Waals surface area contributed by atoms with Gasteiger partial charge in [-0.3, -0.25) is 9.80 Å². The molecule has 5 heterocycles. The minimum atomic E-state index is -0.389. The van der Waals surface area contributed by atoms with Crippen LogP contribution in [-0.2, 0) is 37.4 Å². The lowest BCUT2D eigenvalue weighted by Gasteiger charge is -2.39. The van der Waals surface area contributed by atoms with Crippen molar-refractivity contribution in [1.82, 2.24) is 24.7 Å². The van der Waals surface area contributed by atoms with Gasteiger partial charge >= 0.3 is 12.1 Å². The molecular formula is C35H41N7O4. The Balaban J connectivity index is 1.10. The van der Waals surface area contributed by atoms with Gasteiger partial charge in [0.15, 0.2) is 0 Å². The minimum absolute atomic E-state index is 0.189. The van der Waals surface area contributed by atoms with E-state index in [0.717, 1.165) is 60.9 Å². The SMILES string of the molecule is [C-]#[N+]C[C@H]1CN(c2nc(OC[C@@H]3CCCN3C)nc3c2CN(Cc2cccc4c2CCO4)C3)CCN1C(=O)OCc1ccccc1. The molecule has 0 unspecified atom stereocenters.